The predicted molar refractivity (Wildman–Crippen MR) is 184 cm³/mol. The van der Waals surface area contributed by atoms with E-state index in [9.17, 15) is 0 Å². The van der Waals surface area contributed by atoms with Gasteiger partial charge in [0.15, 0.2) is 0 Å². The molecular weight excluding hydrogens is 533 g/mol. The molecule has 0 unspecified atom stereocenters. The molecule has 0 spiro atoms. The standard InChI is InChI=1S/C39H40S2/c1-38(2,3)26-15-24-20-40-22-36-28-11-7-9-13-30(28)37(31-14-10-8-12-29(31)36)23-41-21-25-16-27(39(4,5)6)18-35-33(25)19-32(24)34(35)17-26/h7-18H,19-23H2,1-6H3. The fourth-order valence-corrected chi connectivity index (χ4v) is 9.00. The molecule has 2 heteroatoms. The largest absolute Gasteiger partial charge is 0.152 e. The summed E-state index contributed by atoms with van der Waals surface area (Å²) in [6.07, 6.45) is 1.07. The molecule has 0 saturated carbocycles. The van der Waals surface area contributed by atoms with Crippen molar-refractivity contribution in [2.75, 3.05) is 0 Å². The molecule has 1 heterocycles. The minimum absolute atomic E-state index is 0.112. The highest BCUT2D eigenvalue weighted by Gasteiger charge is 2.29. The Labute approximate surface area is 254 Å². The van der Waals surface area contributed by atoms with Gasteiger partial charge in [0, 0.05) is 23.0 Å². The second-order valence-electron chi connectivity index (χ2n) is 14.0. The molecular formula is C39H40S2. The van der Waals surface area contributed by atoms with E-state index in [4.69, 9.17) is 0 Å². The van der Waals surface area contributed by atoms with Crippen molar-refractivity contribution in [3.05, 3.63) is 117 Å². The molecule has 4 bridgehead atoms. The highest BCUT2D eigenvalue weighted by Crippen LogP contribution is 2.47. The average Bonchev–Trinajstić information content (AvgIpc) is 3.31. The van der Waals surface area contributed by atoms with E-state index in [2.05, 4.69) is 138 Å². The second-order valence-corrected chi connectivity index (χ2v) is 16.0. The van der Waals surface area contributed by atoms with Crippen molar-refractivity contribution in [1.82, 2.24) is 0 Å². The van der Waals surface area contributed by atoms with Gasteiger partial charge in [0.05, 0.1) is 0 Å². The van der Waals surface area contributed by atoms with Gasteiger partial charge in [-0.15, -0.1) is 0 Å². The molecule has 0 aromatic heterocycles. The monoisotopic (exact) mass is 572 g/mol. The molecule has 0 atom stereocenters. The highest BCUT2D eigenvalue weighted by molar-refractivity contribution is 7.98. The van der Waals surface area contributed by atoms with Crippen molar-refractivity contribution >= 4 is 45.1 Å². The van der Waals surface area contributed by atoms with Crippen molar-refractivity contribution in [1.29, 1.82) is 0 Å². The van der Waals surface area contributed by atoms with Crippen LogP contribution in [-0.2, 0) is 40.3 Å². The van der Waals surface area contributed by atoms with E-state index in [1.54, 1.807) is 11.1 Å². The summed E-state index contributed by atoms with van der Waals surface area (Å²) in [6.45, 7) is 14.2. The summed E-state index contributed by atoms with van der Waals surface area (Å²) in [5.41, 5.74) is 15.3. The third kappa shape index (κ3) is 4.72. The third-order valence-corrected chi connectivity index (χ3v) is 11.2. The van der Waals surface area contributed by atoms with Crippen LogP contribution < -0.4 is 0 Å². The second kappa shape index (κ2) is 9.96. The smallest absolute Gasteiger partial charge is 0.0200 e. The molecule has 5 aromatic carbocycles. The van der Waals surface area contributed by atoms with Crippen LogP contribution in [0.25, 0.3) is 32.7 Å². The maximum absolute atomic E-state index is 2.54. The molecule has 0 amide bonds. The SMILES string of the molecule is CC(C)(C)c1cc2c3c(c1)-c1cc(C(C)(C)C)cc(c1C3)CSCc1c3ccccc3c(c3ccccc13)CSC2. The first-order chi connectivity index (χ1) is 19.6. The Hall–Kier alpha value is -2.68. The molecule has 0 radical (unpaired) electrons. The van der Waals surface area contributed by atoms with Crippen LogP contribution in [-0.4, -0.2) is 0 Å². The molecule has 1 aliphatic heterocycles. The van der Waals surface area contributed by atoms with Gasteiger partial charge in [-0.3, -0.25) is 0 Å². The van der Waals surface area contributed by atoms with Gasteiger partial charge in [0.1, 0.15) is 0 Å². The van der Waals surface area contributed by atoms with Crippen LogP contribution >= 0.6 is 23.5 Å². The summed E-state index contributed by atoms with van der Waals surface area (Å²) in [5.74, 6) is 4.13. The average molecular weight is 573 g/mol. The zero-order valence-electron chi connectivity index (χ0n) is 25.3. The quantitative estimate of drug-likeness (QED) is 0.166. The molecule has 0 N–H and O–H groups in total. The van der Waals surface area contributed by atoms with Crippen LogP contribution in [0.5, 0.6) is 0 Å². The highest BCUT2D eigenvalue weighted by atomic mass is 32.2. The lowest BCUT2D eigenvalue weighted by atomic mass is 9.82. The van der Waals surface area contributed by atoms with Crippen molar-refractivity contribution in [2.45, 2.75) is 81.8 Å². The lowest BCUT2D eigenvalue weighted by Gasteiger charge is -2.24. The minimum atomic E-state index is 0.112. The summed E-state index contributed by atoms with van der Waals surface area (Å²) in [4.78, 5) is 0. The molecule has 0 nitrogen and oxygen atoms in total. The van der Waals surface area contributed by atoms with Crippen LogP contribution in [0.15, 0.2) is 72.8 Å². The van der Waals surface area contributed by atoms with E-state index >= 15 is 0 Å². The van der Waals surface area contributed by atoms with Crippen LogP contribution in [0.2, 0.25) is 0 Å². The normalized spacial score (nSPS) is 15.4. The summed E-state index contributed by atoms with van der Waals surface area (Å²) >= 11 is 4.18. The van der Waals surface area contributed by atoms with Gasteiger partial charge < -0.3 is 0 Å². The number of rotatable bonds is 0. The van der Waals surface area contributed by atoms with Crippen molar-refractivity contribution < 1.29 is 0 Å². The van der Waals surface area contributed by atoms with Gasteiger partial charge in [-0.25, -0.2) is 0 Å². The maximum Gasteiger partial charge on any atom is 0.0200 e. The molecule has 5 aromatic rings. The number of hydrogen-bond donors (Lipinski definition) is 0. The first-order valence-corrected chi connectivity index (χ1v) is 17.3. The number of thioether (sulfide) groups is 2. The molecule has 7 rings (SSSR count). The van der Waals surface area contributed by atoms with Crippen molar-refractivity contribution in [2.24, 2.45) is 0 Å². The lowest BCUT2D eigenvalue weighted by Crippen LogP contribution is -2.13. The van der Waals surface area contributed by atoms with E-state index in [0.717, 1.165) is 29.4 Å². The Balaban J connectivity index is 1.47. The van der Waals surface area contributed by atoms with Gasteiger partial charge in [-0.1, -0.05) is 114 Å². The number of benzene rings is 5. The number of fused-ring (bicyclic) bond motifs is 4. The Bertz CT molecular complexity index is 1640. The first kappa shape index (κ1) is 27.2. The van der Waals surface area contributed by atoms with E-state index < -0.39 is 0 Å². The Morgan fingerprint density at radius 1 is 0.463 bits per heavy atom. The topological polar surface area (TPSA) is 0 Å². The fourth-order valence-electron chi connectivity index (χ4n) is 6.81. The van der Waals surface area contributed by atoms with E-state index in [0.29, 0.717) is 0 Å². The maximum atomic E-state index is 2.54. The van der Waals surface area contributed by atoms with Gasteiger partial charge in [0.2, 0.25) is 0 Å². The molecule has 2 aliphatic rings. The van der Waals surface area contributed by atoms with Gasteiger partial charge in [-0.05, 0) is 94.4 Å². The Morgan fingerprint density at radius 3 is 1.17 bits per heavy atom. The molecule has 1 aliphatic carbocycles. The molecule has 0 fully saturated rings. The number of hydrogen-bond acceptors (Lipinski definition) is 2. The van der Waals surface area contributed by atoms with E-state index in [1.807, 2.05) is 0 Å². The molecule has 0 saturated heterocycles. The van der Waals surface area contributed by atoms with Crippen molar-refractivity contribution in [3.8, 4) is 11.1 Å². The predicted octanol–water partition coefficient (Wildman–Crippen LogP) is 11.3. The van der Waals surface area contributed by atoms with Gasteiger partial charge in [0.25, 0.3) is 0 Å². The fraction of sp³-hybridized carbons (Fsp3) is 0.333. The minimum Gasteiger partial charge on any atom is -0.152 e. The molecule has 41 heavy (non-hydrogen) atoms. The summed E-state index contributed by atoms with van der Waals surface area (Å²) in [6, 6.07) is 28.4. The van der Waals surface area contributed by atoms with Gasteiger partial charge >= 0.3 is 0 Å². The van der Waals surface area contributed by atoms with E-state index in [1.165, 1.54) is 66.1 Å². The Morgan fingerprint density at radius 2 is 0.829 bits per heavy atom. The lowest BCUT2D eigenvalue weighted by molar-refractivity contribution is 0.589. The van der Waals surface area contributed by atoms with Crippen LogP contribution in [0.1, 0.15) is 86.1 Å². The van der Waals surface area contributed by atoms with Crippen LogP contribution in [0.3, 0.4) is 0 Å². The molecule has 208 valence electrons. The zero-order chi connectivity index (χ0) is 28.5. The van der Waals surface area contributed by atoms with Crippen LogP contribution in [0, 0.1) is 0 Å². The summed E-state index contributed by atoms with van der Waals surface area (Å²) in [5, 5.41) is 5.72. The van der Waals surface area contributed by atoms with Crippen molar-refractivity contribution in [3.63, 3.8) is 0 Å². The summed E-state index contributed by atoms with van der Waals surface area (Å²) < 4.78 is 0. The van der Waals surface area contributed by atoms with E-state index in [-0.39, 0.29) is 10.8 Å². The zero-order valence-corrected chi connectivity index (χ0v) is 26.9. The Kier molecular flexibility index (Phi) is 6.60. The first-order valence-electron chi connectivity index (χ1n) is 15.0. The third-order valence-electron chi connectivity index (χ3n) is 9.22. The van der Waals surface area contributed by atoms with Gasteiger partial charge in [-0.2, -0.15) is 23.5 Å². The van der Waals surface area contributed by atoms with Crippen LogP contribution in [0.4, 0.5) is 0 Å². The summed E-state index contributed by atoms with van der Waals surface area (Å²) in [7, 11) is 0.